The molecule has 3 aromatic rings. The highest BCUT2D eigenvalue weighted by Crippen LogP contribution is 2.23. The molecule has 2 heterocycles. The Morgan fingerprint density at radius 3 is 2.27 bits per heavy atom. The Bertz CT molecular complexity index is 1270. The minimum absolute atomic E-state index is 0.170. The molecule has 0 saturated carbocycles. The molecular formula is C28H32N4O4S. The first-order chi connectivity index (χ1) is 17.9. The Morgan fingerprint density at radius 1 is 0.919 bits per heavy atom. The molecule has 1 saturated heterocycles. The van der Waals surface area contributed by atoms with E-state index in [2.05, 4.69) is 15.6 Å². The number of benzene rings is 2. The number of carbonyl (C=O) groups is 2. The van der Waals surface area contributed by atoms with E-state index in [0.717, 1.165) is 17.5 Å². The Labute approximate surface area is 218 Å². The number of amides is 2. The summed E-state index contributed by atoms with van der Waals surface area (Å²) in [6.45, 7) is 0.554. The van der Waals surface area contributed by atoms with Crippen molar-refractivity contribution in [3.8, 4) is 0 Å². The van der Waals surface area contributed by atoms with Crippen molar-refractivity contribution in [2.45, 2.75) is 50.1 Å². The number of piperidine rings is 1. The molecule has 37 heavy (non-hydrogen) atoms. The topological polar surface area (TPSA) is 108 Å². The number of nitrogens with zero attached hydrogens (tertiary/aromatic N) is 2. The number of hydrogen-bond donors (Lipinski definition) is 2. The first kappa shape index (κ1) is 26.5. The second kappa shape index (κ2) is 12.6. The van der Waals surface area contributed by atoms with E-state index in [9.17, 15) is 18.0 Å². The summed E-state index contributed by atoms with van der Waals surface area (Å²) in [5.74, 6) is -0.958. The average Bonchev–Trinajstić information content (AvgIpc) is 2.93. The summed E-state index contributed by atoms with van der Waals surface area (Å²) < 4.78 is 27.9. The van der Waals surface area contributed by atoms with Gasteiger partial charge < -0.3 is 10.6 Å². The molecular weight excluding hydrogens is 488 g/mol. The van der Waals surface area contributed by atoms with Crippen molar-refractivity contribution in [1.82, 2.24) is 19.9 Å². The molecule has 4 rings (SSSR count). The maximum absolute atomic E-state index is 13.5. The highest BCUT2D eigenvalue weighted by Gasteiger charge is 2.38. The summed E-state index contributed by atoms with van der Waals surface area (Å²) in [6.07, 6.45) is 5.46. The van der Waals surface area contributed by atoms with Gasteiger partial charge in [0.2, 0.25) is 21.8 Å². The molecule has 2 amide bonds. The van der Waals surface area contributed by atoms with Crippen molar-refractivity contribution in [2.75, 3.05) is 6.54 Å². The van der Waals surface area contributed by atoms with E-state index in [4.69, 9.17) is 0 Å². The van der Waals surface area contributed by atoms with Gasteiger partial charge in [-0.15, -0.1) is 0 Å². The maximum atomic E-state index is 13.5. The molecule has 2 aromatic carbocycles. The highest BCUT2D eigenvalue weighted by molar-refractivity contribution is 7.88. The van der Waals surface area contributed by atoms with Crippen LogP contribution in [0, 0.1) is 0 Å². The van der Waals surface area contributed by atoms with E-state index in [0.29, 0.717) is 18.4 Å². The molecule has 9 heteroatoms. The van der Waals surface area contributed by atoms with Crippen LogP contribution in [0.2, 0.25) is 0 Å². The fraction of sp³-hybridized carbons (Fsp3) is 0.321. The van der Waals surface area contributed by atoms with Gasteiger partial charge in [-0.2, -0.15) is 4.31 Å². The number of rotatable bonds is 10. The zero-order valence-electron chi connectivity index (χ0n) is 20.6. The zero-order valence-corrected chi connectivity index (χ0v) is 21.4. The molecule has 1 aliphatic rings. The minimum Gasteiger partial charge on any atom is -0.350 e. The fourth-order valence-corrected chi connectivity index (χ4v) is 6.29. The molecule has 194 valence electrons. The monoisotopic (exact) mass is 520 g/mol. The Kier molecular flexibility index (Phi) is 9.03. The number of pyridine rings is 1. The van der Waals surface area contributed by atoms with Gasteiger partial charge >= 0.3 is 0 Å². The van der Waals surface area contributed by atoms with Gasteiger partial charge in [0.15, 0.2) is 0 Å². The van der Waals surface area contributed by atoms with E-state index in [-0.39, 0.29) is 31.2 Å². The van der Waals surface area contributed by atoms with Crippen LogP contribution in [0.25, 0.3) is 0 Å². The van der Waals surface area contributed by atoms with Gasteiger partial charge in [-0.05, 0) is 35.6 Å². The molecule has 1 aromatic heterocycles. The number of carbonyl (C=O) groups excluding carboxylic acids is 2. The van der Waals surface area contributed by atoms with Gasteiger partial charge in [0.05, 0.1) is 5.75 Å². The Hall–Kier alpha value is -3.56. The Balaban J connectivity index is 1.49. The number of nitrogens with one attached hydrogen (secondary N) is 2. The summed E-state index contributed by atoms with van der Waals surface area (Å²) in [5.41, 5.74) is 2.40. The van der Waals surface area contributed by atoms with Crippen molar-refractivity contribution >= 4 is 21.8 Å². The van der Waals surface area contributed by atoms with E-state index in [1.807, 2.05) is 42.5 Å². The largest absolute Gasteiger partial charge is 0.350 e. The molecule has 0 spiro atoms. The predicted molar refractivity (Wildman–Crippen MR) is 142 cm³/mol. The van der Waals surface area contributed by atoms with Gasteiger partial charge in [-0.3, -0.25) is 14.6 Å². The first-order valence-corrected chi connectivity index (χ1v) is 14.1. The lowest BCUT2D eigenvalue weighted by Gasteiger charge is -2.34. The lowest BCUT2D eigenvalue weighted by molar-refractivity contribution is -0.131. The number of sulfonamides is 1. The molecule has 0 bridgehead atoms. The fourth-order valence-electron chi connectivity index (χ4n) is 4.51. The van der Waals surface area contributed by atoms with Crippen LogP contribution in [0.4, 0.5) is 0 Å². The van der Waals surface area contributed by atoms with E-state index >= 15 is 0 Å². The molecule has 0 aliphatic carbocycles. The lowest BCUT2D eigenvalue weighted by atomic mass is 10.0. The van der Waals surface area contributed by atoms with Crippen LogP contribution in [-0.2, 0) is 38.3 Å². The second-order valence-corrected chi connectivity index (χ2v) is 11.1. The van der Waals surface area contributed by atoms with Crippen LogP contribution < -0.4 is 10.6 Å². The summed E-state index contributed by atoms with van der Waals surface area (Å²) in [7, 11) is -3.73. The third kappa shape index (κ3) is 7.47. The van der Waals surface area contributed by atoms with Crippen LogP contribution in [0.1, 0.15) is 36.0 Å². The zero-order chi connectivity index (χ0) is 26.1. The lowest BCUT2D eigenvalue weighted by Crippen LogP contribution is -2.56. The third-order valence-corrected chi connectivity index (χ3v) is 8.26. The summed E-state index contributed by atoms with van der Waals surface area (Å²) >= 11 is 0. The first-order valence-electron chi connectivity index (χ1n) is 12.5. The van der Waals surface area contributed by atoms with Crippen molar-refractivity contribution in [1.29, 1.82) is 0 Å². The van der Waals surface area contributed by atoms with Crippen molar-refractivity contribution in [3.63, 3.8) is 0 Å². The third-order valence-electron chi connectivity index (χ3n) is 6.41. The minimum atomic E-state index is -3.73. The molecule has 8 nitrogen and oxygen atoms in total. The standard InChI is InChI=1S/C28H32N4O4S/c33-27(30-20-24-14-9-16-29-19-24)25(18-22-10-3-1-4-11-22)31-28(34)26-15-7-8-17-32(26)37(35,36)21-23-12-5-2-6-13-23/h1-6,9-14,16,19,25-26H,7-8,15,17-18,20-21H2,(H,30,33)(H,31,34)/t25-,26?/m0/s1. The van der Waals surface area contributed by atoms with E-state index in [1.54, 1.807) is 42.7 Å². The Morgan fingerprint density at radius 2 is 1.59 bits per heavy atom. The maximum Gasteiger partial charge on any atom is 0.243 e. The summed E-state index contributed by atoms with van der Waals surface area (Å²) in [6, 6.07) is 20.3. The summed E-state index contributed by atoms with van der Waals surface area (Å²) in [5, 5.41) is 5.74. The molecule has 0 radical (unpaired) electrons. The van der Waals surface area contributed by atoms with Gasteiger partial charge in [0.25, 0.3) is 0 Å². The molecule has 1 fully saturated rings. The van der Waals surface area contributed by atoms with Crippen LogP contribution in [-0.4, -0.2) is 48.1 Å². The van der Waals surface area contributed by atoms with Gasteiger partial charge in [-0.1, -0.05) is 73.2 Å². The van der Waals surface area contributed by atoms with Crippen LogP contribution >= 0.6 is 0 Å². The van der Waals surface area contributed by atoms with Gasteiger partial charge in [0, 0.05) is 31.9 Å². The molecule has 2 N–H and O–H groups in total. The van der Waals surface area contributed by atoms with Crippen molar-refractivity contribution in [2.24, 2.45) is 0 Å². The second-order valence-electron chi connectivity index (χ2n) is 9.19. The molecule has 2 atom stereocenters. The van der Waals surface area contributed by atoms with Crippen molar-refractivity contribution < 1.29 is 18.0 Å². The smallest absolute Gasteiger partial charge is 0.243 e. The van der Waals surface area contributed by atoms with Crippen LogP contribution in [0.15, 0.2) is 85.2 Å². The van der Waals surface area contributed by atoms with Crippen LogP contribution in [0.3, 0.4) is 0 Å². The number of aromatic nitrogens is 1. The van der Waals surface area contributed by atoms with E-state index < -0.39 is 28.0 Å². The summed E-state index contributed by atoms with van der Waals surface area (Å²) in [4.78, 5) is 30.7. The van der Waals surface area contributed by atoms with Gasteiger partial charge in [0.1, 0.15) is 12.1 Å². The average molecular weight is 521 g/mol. The quantitative estimate of drug-likeness (QED) is 0.427. The van der Waals surface area contributed by atoms with Gasteiger partial charge in [-0.25, -0.2) is 8.42 Å². The molecule has 1 aliphatic heterocycles. The number of hydrogen-bond acceptors (Lipinski definition) is 5. The molecule has 1 unspecified atom stereocenters. The highest BCUT2D eigenvalue weighted by atomic mass is 32.2. The van der Waals surface area contributed by atoms with Crippen molar-refractivity contribution in [3.05, 3.63) is 102 Å². The SMILES string of the molecule is O=C(N[C@@H](Cc1ccccc1)C(=O)NCc1cccnc1)C1CCCCN1S(=O)(=O)Cc1ccccc1. The predicted octanol–water partition coefficient (Wildman–Crippen LogP) is 2.81. The van der Waals surface area contributed by atoms with E-state index in [1.165, 1.54) is 4.31 Å². The van der Waals surface area contributed by atoms with Crippen LogP contribution in [0.5, 0.6) is 0 Å². The normalized spacial score (nSPS) is 17.0.